The molecule has 2 aliphatic rings. The van der Waals surface area contributed by atoms with Crippen molar-refractivity contribution in [1.29, 1.82) is 0 Å². The first-order chi connectivity index (χ1) is 51.8. The second-order valence-corrected chi connectivity index (χ2v) is 28.4. The molecule has 0 aliphatic carbocycles. The van der Waals surface area contributed by atoms with Gasteiger partial charge in [0.2, 0.25) is 0 Å². The molecular formula is C79H107ClN20O7. The lowest BCUT2D eigenvalue weighted by Gasteiger charge is -2.23. The van der Waals surface area contributed by atoms with Crippen LogP contribution in [0.15, 0.2) is 98.1 Å². The Hall–Kier alpha value is -9.57. The van der Waals surface area contributed by atoms with E-state index in [-0.39, 0.29) is 47.9 Å². The number of nitrogens with zero attached hydrogens (tertiary/aromatic N) is 14. The van der Waals surface area contributed by atoms with E-state index in [1.165, 1.54) is 12.7 Å². The molecule has 3 aromatic carbocycles. The average molecular weight is 1480 g/mol. The van der Waals surface area contributed by atoms with Crippen molar-refractivity contribution in [3.8, 4) is 0 Å². The molecule has 28 heteroatoms. The zero-order chi connectivity index (χ0) is 76.1. The normalized spacial score (nSPS) is 15.2. The predicted octanol–water partition coefficient (Wildman–Crippen LogP) is 16.5. The molecule has 2 unspecified atom stereocenters. The molecule has 10 aromatic rings. The fraction of sp³-hybridized carbons (Fsp3) is 0.519. The minimum Gasteiger partial charge on any atom is -0.444 e. The van der Waals surface area contributed by atoms with E-state index < -0.39 is 11.7 Å². The Morgan fingerprint density at radius 3 is 1.36 bits per heavy atom. The Labute approximate surface area is 631 Å². The first kappa shape index (κ1) is 81.5. The number of nitrogens with one attached hydrogen (secondary N) is 5. The molecule has 572 valence electrons. The lowest BCUT2D eigenvalue weighted by atomic mass is 10.1. The third-order valence-corrected chi connectivity index (χ3v) is 18.5. The Kier molecular flexibility index (Phi) is 31.6. The average Bonchev–Trinajstić information content (AvgIpc) is 1.77. The highest BCUT2D eigenvalue weighted by Crippen LogP contribution is 2.33. The largest absolute Gasteiger partial charge is 0.444 e. The molecule has 0 radical (unpaired) electrons. The van der Waals surface area contributed by atoms with Gasteiger partial charge in [0.25, 0.3) is 0 Å². The molecule has 2 saturated heterocycles. The predicted molar refractivity (Wildman–Crippen MR) is 421 cm³/mol. The number of ketones is 3. The number of aromatic nitrogens is 14. The fourth-order valence-electron chi connectivity index (χ4n) is 12.4. The Balaban J connectivity index is 0.000000172. The molecule has 12 rings (SSSR count). The van der Waals surface area contributed by atoms with Gasteiger partial charge in [0.15, 0.2) is 39.4 Å². The quantitative estimate of drug-likeness (QED) is 0.0168. The molecule has 5 atom stereocenters. The van der Waals surface area contributed by atoms with Crippen LogP contribution in [0.2, 0.25) is 5.15 Å². The van der Waals surface area contributed by atoms with Gasteiger partial charge in [0.1, 0.15) is 76.9 Å². The number of alkyl carbamates (subject to hydrolysis) is 1. The van der Waals surface area contributed by atoms with Crippen LogP contribution in [0.4, 0.5) is 28.1 Å². The number of hydrogen-bond donors (Lipinski definition) is 6. The molecule has 7 N–H and O–H groups in total. The topological polar surface area (TPSA) is 347 Å². The van der Waals surface area contributed by atoms with E-state index in [1.807, 2.05) is 117 Å². The van der Waals surface area contributed by atoms with Crippen LogP contribution in [-0.2, 0) is 28.6 Å². The van der Waals surface area contributed by atoms with E-state index in [0.717, 1.165) is 197 Å². The number of benzene rings is 3. The number of unbranched alkanes of at least 4 members (excludes halogenated alkanes) is 6. The zero-order valence-corrected chi connectivity index (χ0v) is 64.3. The van der Waals surface area contributed by atoms with Gasteiger partial charge in [0, 0.05) is 68.3 Å². The SMILES string of the molecule is CC[C@H](N)c1nc(NCCCCCC(C)=O)c2ccccc2n1.CC[C@H](NC(=O)OC(C)(C)C)c1nc(NCCCCCC(C)=O)c2ccccc2n1.CC[C@H](Nc1ncnc2c1ncn2C1CCCCO1)c1nc(NCCCCCC(C)=O)c2ccccc2n1.Clc1ncnc2c1ncn2C1CCCCO1. The summed E-state index contributed by atoms with van der Waals surface area (Å²) in [5.74, 6) is 5.77. The van der Waals surface area contributed by atoms with E-state index in [2.05, 4.69) is 78.4 Å². The van der Waals surface area contributed by atoms with Crippen LogP contribution in [0.25, 0.3) is 55.0 Å². The number of Topliss-reactive ketones (excluding diaryl/α,β-unsaturated/α-hetero) is 3. The van der Waals surface area contributed by atoms with Crippen LogP contribution < -0.4 is 32.3 Å². The lowest BCUT2D eigenvalue weighted by Crippen LogP contribution is -2.35. The summed E-state index contributed by atoms with van der Waals surface area (Å²) in [6.07, 6.45) is 25.4. The van der Waals surface area contributed by atoms with Gasteiger partial charge in [-0.25, -0.2) is 64.6 Å². The van der Waals surface area contributed by atoms with Gasteiger partial charge in [-0.1, -0.05) is 88.0 Å². The van der Waals surface area contributed by atoms with E-state index in [1.54, 1.807) is 39.8 Å². The molecule has 107 heavy (non-hydrogen) atoms. The van der Waals surface area contributed by atoms with Gasteiger partial charge >= 0.3 is 6.09 Å². The van der Waals surface area contributed by atoms with Crippen LogP contribution in [0.1, 0.15) is 245 Å². The summed E-state index contributed by atoms with van der Waals surface area (Å²) in [4.78, 5) is 99.8. The maximum Gasteiger partial charge on any atom is 0.408 e. The molecule has 27 nitrogen and oxygen atoms in total. The van der Waals surface area contributed by atoms with E-state index in [4.69, 9.17) is 46.5 Å². The Morgan fingerprint density at radius 2 is 0.935 bits per heavy atom. The summed E-state index contributed by atoms with van der Waals surface area (Å²) >= 11 is 5.94. The molecule has 0 bridgehead atoms. The summed E-state index contributed by atoms with van der Waals surface area (Å²) in [6, 6.07) is 23.2. The van der Waals surface area contributed by atoms with Crippen LogP contribution in [0.5, 0.6) is 0 Å². The van der Waals surface area contributed by atoms with Gasteiger partial charge in [-0.2, -0.15) is 0 Å². The highest BCUT2D eigenvalue weighted by molar-refractivity contribution is 6.33. The number of imidazole rings is 2. The van der Waals surface area contributed by atoms with Crippen molar-refractivity contribution in [1.82, 2.24) is 74.3 Å². The van der Waals surface area contributed by atoms with Crippen LogP contribution in [0, 0.1) is 0 Å². The zero-order valence-electron chi connectivity index (χ0n) is 63.6. The van der Waals surface area contributed by atoms with Gasteiger partial charge in [0.05, 0.1) is 47.3 Å². The summed E-state index contributed by atoms with van der Waals surface area (Å²) < 4.78 is 21.0. The standard InChI is InChI=1S/C28H36N8O2.C23H34N4O3.C18H26N4O.C10H11ClN4O/c1-3-21(33-27-24-28(31-17-30-27)36(18-32-24)23-14-8-10-16-38-23)26-34-22-13-7-6-12-20(22)25(35-26)29-15-9-4-5-11-19(2)37;1-6-18(26-22(29)30-23(3,4)5)21-25-19-14-10-9-13-17(19)20(27-21)24-15-11-7-8-12-16(2)28;1-3-15(19)18-21-16-11-7-6-10-14(16)17(22-18)20-12-8-4-5-9-13(2)23;11-9-8-10(13-5-12-9)15(6-14-8)7-3-1-2-4-16-7/h6-7,12-13,17-18,21,23H,3-5,8-11,14-16H2,1-2H3,(H,29,34,35)(H,30,31,33);9-10,13-14,18H,6-8,11-12,15H2,1-5H3,(H,26,29)(H,24,25,27);6-7,10-11,15H,3-5,8-9,12,19H2,1-2H3,(H,20,21,22);5-7H,1-4H2/t21-,23?;18-;15-;/m000./s1. The summed E-state index contributed by atoms with van der Waals surface area (Å²) in [5, 5.41) is 20.1. The first-order valence-corrected chi connectivity index (χ1v) is 38.4. The van der Waals surface area contributed by atoms with Crippen molar-refractivity contribution in [3.05, 3.63) is 121 Å². The number of carbonyl (C=O) groups is 4. The van der Waals surface area contributed by atoms with Crippen LogP contribution in [0.3, 0.4) is 0 Å². The number of anilines is 4. The number of nitrogens with two attached hydrogens (primary N) is 1. The monoisotopic (exact) mass is 1480 g/mol. The number of ether oxygens (including phenoxy) is 3. The second kappa shape index (κ2) is 41.5. The molecule has 1 amide bonds. The highest BCUT2D eigenvalue weighted by atomic mass is 35.5. The van der Waals surface area contributed by atoms with Gasteiger partial charge < -0.3 is 60.9 Å². The number of amides is 1. The maximum absolute atomic E-state index is 12.2. The molecule has 7 aromatic heterocycles. The number of carbonyl (C=O) groups excluding carboxylic acids is 4. The number of para-hydroxylation sites is 3. The number of halogens is 1. The fourth-order valence-corrected chi connectivity index (χ4v) is 12.6. The van der Waals surface area contributed by atoms with Crippen LogP contribution >= 0.6 is 11.6 Å². The van der Waals surface area contributed by atoms with Crippen molar-refractivity contribution in [3.63, 3.8) is 0 Å². The number of fused-ring (bicyclic) bond motifs is 5. The minimum atomic E-state index is -0.568. The van der Waals surface area contributed by atoms with E-state index in [9.17, 15) is 19.2 Å². The third-order valence-electron chi connectivity index (χ3n) is 18.2. The van der Waals surface area contributed by atoms with E-state index in [0.29, 0.717) is 65.2 Å². The minimum absolute atomic E-state index is 0.0321. The molecule has 2 aliphatic heterocycles. The molecule has 2 fully saturated rings. The third kappa shape index (κ3) is 24.5. The lowest BCUT2D eigenvalue weighted by molar-refractivity contribution is -0.117. The van der Waals surface area contributed by atoms with Gasteiger partial charge in [-0.3, -0.25) is 9.13 Å². The van der Waals surface area contributed by atoms with Gasteiger partial charge in [-0.15, -0.1) is 0 Å². The number of rotatable bonds is 32. The van der Waals surface area contributed by atoms with Crippen molar-refractivity contribution in [2.45, 2.75) is 233 Å². The Morgan fingerprint density at radius 1 is 0.514 bits per heavy atom. The van der Waals surface area contributed by atoms with Crippen molar-refractivity contribution >= 4 is 113 Å². The molecular weight excluding hydrogens is 1380 g/mol. The first-order valence-electron chi connectivity index (χ1n) is 38.1. The van der Waals surface area contributed by atoms with Crippen molar-refractivity contribution in [2.24, 2.45) is 5.73 Å². The van der Waals surface area contributed by atoms with Gasteiger partial charge in [-0.05, 0) is 174 Å². The van der Waals surface area contributed by atoms with E-state index >= 15 is 0 Å². The van der Waals surface area contributed by atoms with Crippen molar-refractivity contribution in [2.75, 3.05) is 54.1 Å². The second-order valence-electron chi connectivity index (χ2n) is 28.1. The smallest absolute Gasteiger partial charge is 0.408 e. The molecule has 0 spiro atoms. The van der Waals surface area contributed by atoms with Crippen molar-refractivity contribution < 1.29 is 33.4 Å². The maximum atomic E-state index is 12.2. The Bertz CT molecular complexity index is 4500. The molecule has 9 heterocycles. The summed E-state index contributed by atoms with van der Waals surface area (Å²) in [6.45, 7) is 20.5. The highest BCUT2D eigenvalue weighted by Gasteiger charge is 2.26. The molecule has 0 saturated carbocycles. The summed E-state index contributed by atoms with van der Waals surface area (Å²) in [7, 11) is 0. The van der Waals surface area contributed by atoms with Crippen LogP contribution in [-0.4, -0.2) is 131 Å². The number of hydrogen-bond acceptors (Lipinski definition) is 24. The summed E-state index contributed by atoms with van der Waals surface area (Å²) in [5.41, 5.74) is 11.0.